The van der Waals surface area contributed by atoms with Crippen molar-refractivity contribution < 1.29 is 4.79 Å². The van der Waals surface area contributed by atoms with Gasteiger partial charge < -0.3 is 10.1 Å². The Balaban J connectivity index is 1.80. The average Bonchev–Trinajstić information content (AvgIpc) is 2.51. The Labute approximate surface area is 49.3 Å². The van der Waals surface area contributed by atoms with Crippen LogP contribution in [0.4, 0.5) is 0 Å². The van der Waals surface area contributed by atoms with Crippen molar-refractivity contribution in [3.05, 3.63) is 0 Å². The van der Waals surface area contributed by atoms with Gasteiger partial charge in [-0.15, -0.1) is 0 Å². The molecule has 0 bridgehead atoms. The normalized spacial score (nSPS) is 18.5. The highest BCUT2D eigenvalue weighted by Crippen LogP contribution is 2.27. The molecule has 1 aliphatic rings. The van der Waals surface area contributed by atoms with Gasteiger partial charge in [-0.25, -0.2) is 0 Å². The first-order valence-electron chi connectivity index (χ1n) is 3.08. The van der Waals surface area contributed by atoms with E-state index in [4.69, 9.17) is 0 Å². The SMILES string of the molecule is O=CCNCC1CC1. The van der Waals surface area contributed by atoms with Crippen LogP contribution in [0.2, 0.25) is 0 Å². The summed E-state index contributed by atoms with van der Waals surface area (Å²) in [6.45, 7) is 1.56. The molecule has 2 nitrogen and oxygen atoms in total. The highest BCUT2D eigenvalue weighted by Gasteiger charge is 2.19. The molecule has 1 N–H and O–H groups in total. The fourth-order valence-electron chi connectivity index (χ4n) is 0.668. The van der Waals surface area contributed by atoms with Crippen LogP contribution in [0.3, 0.4) is 0 Å². The smallest absolute Gasteiger partial charge is 0.133 e. The van der Waals surface area contributed by atoms with Gasteiger partial charge in [0.15, 0.2) is 0 Å². The van der Waals surface area contributed by atoms with E-state index in [2.05, 4.69) is 5.32 Å². The third-order valence-electron chi connectivity index (χ3n) is 1.36. The zero-order valence-electron chi connectivity index (χ0n) is 4.89. The van der Waals surface area contributed by atoms with Crippen LogP contribution in [0.15, 0.2) is 0 Å². The van der Waals surface area contributed by atoms with Crippen molar-refractivity contribution in [2.24, 2.45) is 5.92 Å². The third kappa shape index (κ3) is 2.07. The largest absolute Gasteiger partial charge is 0.310 e. The van der Waals surface area contributed by atoms with E-state index in [1.165, 1.54) is 12.8 Å². The first-order valence-corrected chi connectivity index (χ1v) is 3.08. The van der Waals surface area contributed by atoms with Gasteiger partial charge in [0.1, 0.15) is 6.29 Å². The zero-order chi connectivity index (χ0) is 5.82. The second kappa shape index (κ2) is 2.82. The number of hydrogen-bond donors (Lipinski definition) is 1. The van der Waals surface area contributed by atoms with Gasteiger partial charge in [0, 0.05) is 0 Å². The lowest BCUT2D eigenvalue weighted by atomic mass is 10.4. The molecule has 0 spiro atoms. The number of rotatable bonds is 4. The van der Waals surface area contributed by atoms with Crippen LogP contribution in [-0.4, -0.2) is 19.4 Å². The second-order valence-corrected chi connectivity index (χ2v) is 2.27. The zero-order valence-corrected chi connectivity index (χ0v) is 4.89. The molecule has 1 aliphatic carbocycles. The fraction of sp³-hybridized carbons (Fsp3) is 0.833. The van der Waals surface area contributed by atoms with Gasteiger partial charge in [-0.3, -0.25) is 0 Å². The van der Waals surface area contributed by atoms with Crippen molar-refractivity contribution in [1.29, 1.82) is 0 Å². The summed E-state index contributed by atoms with van der Waals surface area (Å²) in [6, 6.07) is 0. The molecule has 1 saturated carbocycles. The van der Waals surface area contributed by atoms with Crippen LogP contribution in [0.5, 0.6) is 0 Å². The molecule has 0 heterocycles. The van der Waals surface area contributed by atoms with Crippen molar-refractivity contribution in [3.8, 4) is 0 Å². The van der Waals surface area contributed by atoms with Crippen LogP contribution in [-0.2, 0) is 4.79 Å². The molecule has 8 heavy (non-hydrogen) atoms. The average molecular weight is 113 g/mol. The van der Waals surface area contributed by atoms with Crippen molar-refractivity contribution in [3.63, 3.8) is 0 Å². The predicted octanol–water partition coefficient (Wildman–Crippen LogP) is 0.185. The quantitative estimate of drug-likeness (QED) is 0.416. The summed E-state index contributed by atoms with van der Waals surface area (Å²) in [4.78, 5) is 9.74. The number of carbonyl (C=O) groups is 1. The molecule has 0 aliphatic heterocycles. The van der Waals surface area contributed by atoms with E-state index in [0.717, 1.165) is 18.7 Å². The molecular formula is C6H11NO. The number of aldehydes is 1. The molecule has 0 atom stereocenters. The summed E-state index contributed by atoms with van der Waals surface area (Å²) in [5.74, 6) is 0.884. The lowest BCUT2D eigenvalue weighted by molar-refractivity contribution is -0.107. The van der Waals surface area contributed by atoms with Gasteiger partial charge in [0.25, 0.3) is 0 Å². The molecule has 1 fully saturated rings. The summed E-state index contributed by atoms with van der Waals surface area (Å²) < 4.78 is 0. The van der Waals surface area contributed by atoms with Crippen molar-refractivity contribution >= 4 is 6.29 Å². The van der Waals surface area contributed by atoms with Crippen molar-refractivity contribution in [2.45, 2.75) is 12.8 Å². The van der Waals surface area contributed by atoms with E-state index in [-0.39, 0.29) is 0 Å². The minimum atomic E-state index is 0.524. The van der Waals surface area contributed by atoms with E-state index in [1.54, 1.807) is 0 Å². The Morgan fingerprint density at radius 2 is 2.38 bits per heavy atom. The summed E-state index contributed by atoms with van der Waals surface area (Å²) in [5, 5.41) is 3.03. The minimum absolute atomic E-state index is 0.524. The number of carbonyl (C=O) groups excluding carboxylic acids is 1. The number of hydrogen-bond acceptors (Lipinski definition) is 2. The van der Waals surface area contributed by atoms with E-state index in [9.17, 15) is 4.79 Å². The summed E-state index contributed by atoms with van der Waals surface area (Å²) in [7, 11) is 0. The van der Waals surface area contributed by atoms with Gasteiger partial charge in [0.2, 0.25) is 0 Å². The highest BCUT2D eigenvalue weighted by atomic mass is 16.1. The fourth-order valence-corrected chi connectivity index (χ4v) is 0.668. The van der Waals surface area contributed by atoms with Crippen LogP contribution in [0.25, 0.3) is 0 Å². The standard InChI is InChI=1S/C6H11NO/c8-4-3-7-5-6-1-2-6/h4,6-7H,1-3,5H2. The van der Waals surface area contributed by atoms with Gasteiger partial charge in [-0.1, -0.05) is 0 Å². The molecule has 0 amide bonds. The Morgan fingerprint density at radius 1 is 1.62 bits per heavy atom. The molecular weight excluding hydrogens is 102 g/mol. The molecule has 0 aromatic heterocycles. The van der Waals surface area contributed by atoms with Crippen LogP contribution in [0.1, 0.15) is 12.8 Å². The van der Waals surface area contributed by atoms with E-state index in [1.807, 2.05) is 0 Å². The van der Waals surface area contributed by atoms with E-state index < -0.39 is 0 Å². The molecule has 0 radical (unpaired) electrons. The Kier molecular flexibility index (Phi) is 2.03. The molecule has 2 heteroatoms. The Bertz CT molecular complexity index is 78.6. The Morgan fingerprint density at radius 3 is 2.88 bits per heavy atom. The summed E-state index contributed by atoms with van der Waals surface area (Å²) in [6.07, 6.45) is 3.61. The van der Waals surface area contributed by atoms with E-state index >= 15 is 0 Å². The Hall–Kier alpha value is -0.370. The molecule has 0 aromatic carbocycles. The lowest BCUT2D eigenvalue weighted by Gasteiger charge is -1.93. The predicted molar refractivity (Wildman–Crippen MR) is 31.7 cm³/mol. The first kappa shape index (κ1) is 5.76. The monoisotopic (exact) mass is 113 g/mol. The van der Waals surface area contributed by atoms with Crippen molar-refractivity contribution in [2.75, 3.05) is 13.1 Å². The molecule has 1 rings (SSSR count). The highest BCUT2D eigenvalue weighted by molar-refractivity contribution is 5.51. The van der Waals surface area contributed by atoms with Crippen LogP contribution >= 0.6 is 0 Å². The van der Waals surface area contributed by atoms with Gasteiger partial charge in [-0.05, 0) is 25.3 Å². The molecule has 0 unspecified atom stereocenters. The van der Waals surface area contributed by atoms with Crippen molar-refractivity contribution in [1.82, 2.24) is 5.32 Å². The van der Waals surface area contributed by atoms with Gasteiger partial charge in [-0.2, -0.15) is 0 Å². The van der Waals surface area contributed by atoms with Crippen LogP contribution < -0.4 is 5.32 Å². The maximum Gasteiger partial charge on any atom is 0.133 e. The summed E-state index contributed by atoms with van der Waals surface area (Å²) >= 11 is 0. The molecule has 0 saturated heterocycles. The molecule has 0 aromatic rings. The molecule has 46 valence electrons. The van der Waals surface area contributed by atoms with Crippen LogP contribution in [0, 0.1) is 5.92 Å². The van der Waals surface area contributed by atoms with Gasteiger partial charge in [0.05, 0.1) is 6.54 Å². The minimum Gasteiger partial charge on any atom is -0.310 e. The lowest BCUT2D eigenvalue weighted by Crippen LogP contribution is -2.18. The maximum atomic E-state index is 9.74. The topological polar surface area (TPSA) is 29.1 Å². The summed E-state index contributed by atoms with van der Waals surface area (Å²) in [5.41, 5.74) is 0. The third-order valence-corrected chi connectivity index (χ3v) is 1.36. The second-order valence-electron chi connectivity index (χ2n) is 2.27. The maximum absolute atomic E-state index is 9.74. The number of nitrogens with one attached hydrogen (secondary N) is 1. The van der Waals surface area contributed by atoms with Gasteiger partial charge >= 0.3 is 0 Å². The first-order chi connectivity index (χ1) is 3.93. The van der Waals surface area contributed by atoms with E-state index in [0.29, 0.717) is 6.54 Å².